The number of benzene rings is 1. The monoisotopic (exact) mass is 261 g/mol. The minimum atomic E-state index is -0.780. The molecule has 1 heterocycles. The second-order valence-electron chi connectivity index (χ2n) is 5.53. The summed E-state index contributed by atoms with van der Waals surface area (Å²) in [6.07, 6.45) is 1.62. The predicted octanol–water partition coefficient (Wildman–Crippen LogP) is 1.99. The molecule has 19 heavy (non-hydrogen) atoms. The van der Waals surface area contributed by atoms with Gasteiger partial charge in [0.25, 0.3) is 0 Å². The first kappa shape index (κ1) is 13.9. The highest BCUT2D eigenvalue weighted by Crippen LogP contribution is 2.33. The van der Waals surface area contributed by atoms with Crippen LogP contribution in [-0.4, -0.2) is 31.6 Å². The number of carbonyl (C=O) groups excluding carboxylic acids is 1. The first-order valence-electron chi connectivity index (χ1n) is 6.88. The van der Waals surface area contributed by atoms with Gasteiger partial charge in [-0.3, -0.25) is 4.79 Å². The van der Waals surface area contributed by atoms with Gasteiger partial charge in [0.15, 0.2) is 0 Å². The summed E-state index contributed by atoms with van der Waals surface area (Å²) in [5.74, 6) is 0.0231. The van der Waals surface area contributed by atoms with Crippen LogP contribution >= 0.6 is 0 Å². The van der Waals surface area contributed by atoms with Crippen LogP contribution in [-0.2, 0) is 4.79 Å². The van der Waals surface area contributed by atoms with Crippen molar-refractivity contribution in [1.29, 1.82) is 0 Å². The van der Waals surface area contributed by atoms with Gasteiger partial charge in [-0.2, -0.15) is 0 Å². The molecule has 0 saturated heterocycles. The third-order valence-corrected chi connectivity index (χ3v) is 3.75. The Bertz CT molecular complexity index is 470. The van der Waals surface area contributed by atoms with Crippen molar-refractivity contribution in [2.45, 2.75) is 32.2 Å². The van der Waals surface area contributed by atoms with Crippen LogP contribution in [0.3, 0.4) is 0 Å². The fraction of sp³-hybridized carbons (Fsp3) is 0.533. The number of fused-ring (bicyclic) bond motifs is 1. The average Bonchev–Trinajstić information content (AvgIpc) is 2.39. The fourth-order valence-electron chi connectivity index (χ4n) is 2.65. The fourth-order valence-corrected chi connectivity index (χ4v) is 2.65. The van der Waals surface area contributed by atoms with Crippen molar-refractivity contribution < 1.29 is 4.79 Å². The number of carbonyl (C=O) groups is 1. The number of nitrogens with two attached hydrogens (primary N) is 1. The molecule has 1 aliphatic rings. The molecule has 0 fully saturated rings. The van der Waals surface area contributed by atoms with E-state index in [1.807, 2.05) is 43.1 Å². The quantitative estimate of drug-likeness (QED) is 0.905. The average molecular weight is 261 g/mol. The van der Waals surface area contributed by atoms with Crippen LogP contribution in [0.1, 0.15) is 26.7 Å². The highest BCUT2D eigenvalue weighted by Gasteiger charge is 2.35. The number of amides is 1. The Balaban J connectivity index is 2.32. The molecular formula is C15H23N3O. The SMILES string of the molecule is CCCC(C)(N)C(=O)N1CCN(C)c2ccccc21. The van der Waals surface area contributed by atoms with E-state index in [0.29, 0.717) is 13.0 Å². The van der Waals surface area contributed by atoms with Gasteiger partial charge in [0.1, 0.15) is 0 Å². The summed E-state index contributed by atoms with van der Waals surface area (Å²) in [6, 6.07) is 8.00. The second kappa shape index (κ2) is 5.21. The van der Waals surface area contributed by atoms with Crippen molar-refractivity contribution in [3.05, 3.63) is 24.3 Å². The standard InChI is InChI=1S/C15H23N3O/c1-4-9-15(2,16)14(19)18-11-10-17(3)12-7-5-6-8-13(12)18/h5-8H,4,9-11,16H2,1-3H3. The first-order chi connectivity index (χ1) is 8.97. The van der Waals surface area contributed by atoms with E-state index in [-0.39, 0.29) is 5.91 Å². The minimum Gasteiger partial charge on any atom is -0.371 e. The Morgan fingerprint density at radius 1 is 1.32 bits per heavy atom. The lowest BCUT2D eigenvalue weighted by molar-refractivity contribution is -0.123. The summed E-state index contributed by atoms with van der Waals surface area (Å²) in [4.78, 5) is 16.7. The molecule has 1 unspecified atom stereocenters. The Labute approximate surface area is 115 Å². The molecule has 4 heteroatoms. The van der Waals surface area contributed by atoms with Crippen molar-refractivity contribution in [2.75, 3.05) is 29.9 Å². The van der Waals surface area contributed by atoms with E-state index in [4.69, 9.17) is 5.73 Å². The topological polar surface area (TPSA) is 49.6 Å². The van der Waals surface area contributed by atoms with E-state index in [1.54, 1.807) is 0 Å². The molecule has 1 amide bonds. The maximum Gasteiger partial charge on any atom is 0.246 e. The van der Waals surface area contributed by atoms with Gasteiger partial charge in [0.2, 0.25) is 5.91 Å². The number of para-hydroxylation sites is 2. The predicted molar refractivity (Wildman–Crippen MR) is 79.6 cm³/mol. The molecule has 0 saturated carbocycles. The molecule has 0 aliphatic carbocycles. The minimum absolute atomic E-state index is 0.0231. The van der Waals surface area contributed by atoms with Crippen molar-refractivity contribution in [2.24, 2.45) is 5.73 Å². The number of nitrogens with zero attached hydrogens (tertiary/aromatic N) is 2. The number of hydrogen-bond acceptors (Lipinski definition) is 3. The normalized spacial score (nSPS) is 17.9. The van der Waals surface area contributed by atoms with Gasteiger partial charge in [0.05, 0.1) is 16.9 Å². The molecule has 2 N–H and O–H groups in total. The van der Waals surface area contributed by atoms with Crippen LogP contribution in [0, 0.1) is 0 Å². The molecular weight excluding hydrogens is 238 g/mol. The molecule has 1 aromatic carbocycles. The van der Waals surface area contributed by atoms with Gasteiger partial charge in [0, 0.05) is 20.1 Å². The van der Waals surface area contributed by atoms with Crippen molar-refractivity contribution >= 4 is 17.3 Å². The van der Waals surface area contributed by atoms with Crippen LogP contribution in [0.25, 0.3) is 0 Å². The number of hydrogen-bond donors (Lipinski definition) is 1. The lowest BCUT2D eigenvalue weighted by Gasteiger charge is -2.39. The van der Waals surface area contributed by atoms with Crippen molar-refractivity contribution in [3.63, 3.8) is 0 Å². The molecule has 0 spiro atoms. The summed E-state index contributed by atoms with van der Waals surface area (Å²) < 4.78 is 0. The van der Waals surface area contributed by atoms with Gasteiger partial charge in [-0.1, -0.05) is 25.5 Å². The number of likely N-dealkylation sites (N-methyl/N-ethyl adjacent to an activating group) is 1. The largest absolute Gasteiger partial charge is 0.371 e. The maximum atomic E-state index is 12.7. The summed E-state index contributed by atoms with van der Waals surface area (Å²) in [6.45, 7) is 5.42. The number of rotatable bonds is 3. The van der Waals surface area contributed by atoms with Crippen LogP contribution in [0.15, 0.2) is 24.3 Å². The molecule has 1 aromatic rings. The highest BCUT2D eigenvalue weighted by molar-refractivity contribution is 6.03. The van der Waals surface area contributed by atoms with Crippen LogP contribution < -0.4 is 15.5 Å². The maximum absolute atomic E-state index is 12.7. The summed E-state index contributed by atoms with van der Waals surface area (Å²) >= 11 is 0. The number of anilines is 2. The van der Waals surface area contributed by atoms with Gasteiger partial charge in [-0.15, -0.1) is 0 Å². The Morgan fingerprint density at radius 3 is 2.58 bits per heavy atom. The second-order valence-corrected chi connectivity index (χ2v) is 5.53. The van der Waals surface area contributed by atoms with E-state index < -0.39 is 5.54 Å². The van der Waals surface area contributed by atoms with Gasteiger partial charge >= 0.3 is 0 Å². The third-order valence-electron chi connectivity index (χ3n) is 3.75. The molecule has 1 atom stereocenters. The van der Waals surface area contributed by atoms with Gasteiger partial charge in [-0.25, -0.2) is 0 Å². The van der Waals surface area contributed by atoms with E-state index >= 15 is 0 Å². The Morgan fingerprint density at radius 2 is 1.95 bits per heavy atom. The van der Waals surface area contributed by atoms with Crippen LogP contribution in [0.2, 0.25) is 0 Å². The Kier molecular flexibility index (Phi) is 3.80. The summed E-state index contributed by atoms with van der Waals surface area (Å²) in [7, 11) is 2.05. The lowest BCUT2D eigenvalue weighted by atomic mass is 9.95. The van der Waals surface area contributed by atoms with Crippen LogP contribution in [0.5, 0.6) is 0 Å². The Hall–Kier alpha value is -1.55. The van der Waals surface area contributed by atoms with E-state index in [0.717, 1.165) is 24.3 Å². The molecule has 0 bridgehead atoms. The van der Waals surface area contributed by atoms with Gasteiger partial charge < -0.3 is 15.5 Å². The van der Waals surface area contributed by atoms with E-state index in [1.165, 1.54) is 0 Å². The zero-order valence-corrected chi connectivity index (χ0v) is 12.0. The van der Waals surface area contributed by atoms with Crippen molar-refractivity contribution in [3.8, 4) is 0 Å². The smallest absolute Gasteiger partial charge is 0.246 e. The highest BCUT2D eigenvalue weighted by atomic mass is 16.2. The summed E-state index contributed by atoms with van der Waals surface area (Å²) in [5, 5.41) is 0. The molecule has 4 nitrogen and oxygen atoms in total. The zero-order valence-electron chi connectivity index (χ0n) is 12.0. The third kappa shape index (κ3) is 2.59. The van der Waals surface area contributed by atoms with E-state index in [2.05, 4.69) is 11.8 Å². The molecule has 2 rings (SSSR count). The lowest BCUT2D eigenvalue weighted by Crippen LogP contribution is -2.56. The molecule has 104 valence electrons. The molecule has 0 radical (unpaired) electrons. The molecule has 1 aliphatic heterocycles. The van der Waals surface area contributed by atoms with Crippen LogP contribution in [0.4, 0.5) is 11.4 Å². The summed E-state index contributed by atoms with van der Waals surface area (Å²) in [5.41, 5.74) is 7.47. The van der Waals surface area contributed by atoms with Crippen molar-refractivity contribution in [1.82, 2.24) is 0 Å². The van der Waals surface area contributed by atoms with E-state index in [9.17, 15) is 4.79 Å². The van der Waals surface area contributed by atoms with Gasteiger partial charge in [-0.05, 0) is 25.5 Å². The zero-order chi connectivity index (χ0) is 14.0. The first-order valence-corrected chi connectivity index (χ1v) is 6.88. The molecule has 0 aromatic heterocycles.